The van der Waals surface area contributed by atoms with E-state index in [4.69, 9.17) is 14.2 Å². The Morgan fingerprint density at radius 3 is 0.929 bits per heavy atom. The topological polar surface area (TPSA) is 27.7 Å². The predicted molar refractivity (Wildman–Crippen MR) is 116 cm³/mol. The average Bonchev–Trinajstić information content (AvgIpc) is 2.75. The van der Waals surface area contributed by atoms with E-state index >= 15 is 0 Å². The van der Waals surface area contributed by atoms with Gasteiger partial charge in [0.1, 0.15) is 0 Å². The molecule has 3 nitrogen and oxygen atoms in total. The molecule has 0 radical (unpaired) electrons. The van der Waals surface area contributed by atoms with E-state index in [1.807, 2.05) is 0 Å². The van der Waals surface area contributed by atoms with Crippen molar-refractivity contribution in [2.24, 2.45) is 0 Å². The van der Waals surface area contributed by atoms with Gasteiger partial charge in [0.2, 0.25) is 0 Å². The molecule has 0 spiro atoms. The normalized spacial score (nSPS) is 10.7. The number of benzene rings is 3. The Labute approximate surface area is 172 Å². The Hall–Kier alpha value is -2.38. The van der Waals surface area contributed by atoms with E-state index in [9.17, 15) is 0 Å². The summed E-state index contributed by atoms with van der Waals surface area (Å²) in [4.78, 5) is 0. The van der Waals surface area contributed by atoms with Crippen LogP contribution in [0.3, 0.4) is 0 Å². The quantitative estimate of drug-likeness (QED) is 0.447. The summed E-state index contributed by atoms with van der Waals surface area (Å²) in [6, 6.07) is 25.5. The van der Waals surface area contributed by atoms with Gasteiger partial charge < -0.3 is 0 Å². The van der Waals surface area contributed by atoms with E-state index in [0.717, 1.165) is 32.9 Å². The van der Waals surface area contributed by atoms with Gasteiger partial charge in [0.15, 0.2) is 0 Å². The van der Waals surface area contributed by atoms with E-state index in [1.54, 1.807) is 21.3 Å². The van der Waals surface area contributed by atoms with Crippen molar-refractivity contribution in [3.63, 3.8) is 0 Å². The van der Waals surface area contributed by atoms with Crippen LogP contribution in [0.15, 0.2) is 72.8 Å². The number of rotatable bonds is 9. The number of hydrogen-bond acceptors (Lipinski definition) is 3. The van der Waals surface area contributed by atoms with Crippen LogP contribution in [0, 0.1) is 0 Å². The zero-order valence-corrected chi connectivity index (χ0v) is 18.6. The molecular formula is C24H27AsO3. The molecule has 146 valence electrons. The van der Waals surface area contributed by atoms with Gasteiger partial charge in [-0.05, 0) is 0 Å². The zero-order valence-electron chi connectivity index (χ0n) is 16.7. The number of methoxy groups -OCH3 is 3. The second kappa shape index (κ2) is 10.2. The Morgan fingerprint density at radius 1 is 0.464 bits per heavy atom. The summed E-state index contributed by atoms with van der Waals surface area (Å²) >= 11 is -1.19. The third kappa shape index (κ3) is 5.81. The van der Waals surface area contributed by atoms with E-state index in [1.165, 1.54) is 16.7 Å². The van der Waals surface area contributed by atoms with Gasteiger partial charge in [0.25, 0.3) is 0 Å². The van der Waals surface area contributed by atoms with Crippen LogP contribution in [0.25, 0.3) is 0 Å². The molecule has 3 aromatic rings. The molecule has 28 heavy (non-hydrogen) atoms. The van der Waals surface area contributed by atoms with Gasteiger partial charge in [0, 0.05) is 0 Å². The molecule has 0 aliphatic heterocycles. The summed E-state index contributed by atoms with van der Waals surface area (Å²) < 4.78 is 15.9. The van der Waals surface area contributed by atoms with Crippen LogP contribution < -0.4 is 14.2 Å². The van der Waals surface area contributed by atoms with Crippen molar-refractivity contribution in [2.45, 2.75) is 15.6 Å². The van der Waals surface area contributed by atoms with Gasteiger partial charge in [-0.1, -0.05) is 0 Å². The predicted octanol–water partition coefficient (Wildman–Crippen LogP) is 4.85. The SMILES string of the molecule is COc1ccc(C[As](Cc2ccc(OC)cc2)Cc2ccc(OC)cc2)cc1. The maximum atomic E-state index is 5.30. The monoisotopic (exact) mass is 438 g/mol. The van der Waals surface area contributed by atoms with E-state index in [2.05, 4.69) is 72.8 Å². The summed E-state index contributed by atoms with van der Waals surface area (Å²) in [5.74, 6) is 2.73. The second-order valence-corrected chi connectivity index (χ2v) is 11.5. The maximum absolute atomic E-state index is 5.30. The first kappa shape index (κ1) is 20.4. The zero-order chi connectivity index (χ0) is 19.8. The van der Waals surface area contributed by atoms with Crippen molar-refractivity contribution in [1.29, 1.82) is 0 Å². The molecule has 3 aromatic carbocycles. The van der Waals surface area contributed by atoms with Crippen molar-refractivity contribution >= 4 is 14.7 Å². The first-order valence-corrected chi connectivity index (χ1v) is 13.3. The number of hydrogen-bond donors (Lipinski definition) is 0. The van der Waals surface area contributed by atoms with E-state index < -0.39 is 14.7 Å². The van der Waals surface area contributed by atoms with Crippen LogP contribution in [0.4, 0.5) is 0 Å². The van der Waals surface area contributed by atoms with Crippen LogP contribution in [0.5, 0.6) is 17.2 Å². The first-order valence-electron chi connectivity index (χ1n) is 9.31. The molecule has 0 unspecified atom stereocenters. The summed E-state index contributed by atoms with van der Waals surface area (Å²) in [6.45, 7) is 0. The third-order valence-corrected chi connectivity index (χ3v) is 9.81. The fourth-order valence-electron chi connectivity index (χ4n) is 3.14. The van der Waals surface area contributed by atoms with Crippen molar-refractivity contribution in [3.8, 4) is 17.2 Å². The van der Waals surface area contributed by atoms with E-state index in [0.29, 0.717) is 0 Å². The summed E-state index contributed by atoms with van der Waals surface area (Å²) in [5, 5.41) is 3.49. The molecular weight excluding hydrogens is 411 g/mol. The van der Waals surface area contributed by atoms with Crippen LogP contribution in [-0.2, 0) is 15.6 Å². The van der Waals surface area contributed by atoms with Gasteiger partial charge in [-0.15, -0.1) is 0 Å². The van der Waals surface area contributed by atoms with Gasteiger partial charge in [-0.2, -0.15) is 0 Å². The summed E-state index contributed by atoms with van der Waals surface area (Å²) in [7, 11) is 5.13. The van der Waals surface area contributed by atoms with Gasteiger partial charge in [-0.25, -0.2) is 0 Å². The summed E-state index contributed by atoms with van der Waals surface area (Å²) in [6.07, 6.45) is 0. The fourth-order valence-corrected chi connectivity index (χ4v) is 8.42. The van der Waals surface area contributed by atoms with Crippen molar-refractivity contribution in [2.75, 3.05) is 21.3 Å². The Balaban J connectivity index is 1.76. The molecule has 0 aliphatic rings. The molecule has 0 saturated carbocycles. The third-order valence-electron chi connectivity index (χ3n) is 4.70. The Bertz CT molecular complexity index is 725. The summed E-state index contributed by atoms with van der Waals surface area (Å²) in [5.41, 5.74) is 4.17. The molecule has 0 atom stereocenters. The van der Waals surface area contributed by atoms with Gasteiger partial charge >= 0.3 is 173 Å². The Kier molecular flexibility index (Phi) is 7.45. The molecule has 0 aliphatic carbocycles. The van der Waals surface area contributed by atoms with Gasteiger partial charge in [-0.3, -0.25) is 0 Å². The van der Waals surface area contributed by atoms with Gasteiger partial charge in [0.05, 0.1) is 0 Å². The van der Waals surface area contributed by atoms with Crippen molar-refractivity contribution in [3.05, 3.63) is 89.5 Å². The van der Waals surface area contributed by atoms with Crippen molar-refractivity contribution in [1.82, 2.24) is 0 Å². The Morgan fingerprint density at radius 2 is 0.714 bits per heavy atom. The first-order chi connectivity index (χ1) is 13.7. The molecule has 0 saturated heterocycles. The van der Waals surface area contributed by atoms with Crippen molar-refractivity contribution < 1.29 is 14.2 Å². The standard InChI is InChI=1S/C24H27AsO3/c1-26-22-10-4-19(5-11-22)16-25(17-20-6-12-23(27-2)13-7-20)18-21-8-14-24(28-3)15-9-21/h4-15H,16-18H2,1-3H3. The molecule has 3 rings (SSSR count). The average molecular weight is 438 g/mol. The van der Waals surface area contributed by atoms with E-state index in [-0.39, 0.29) is 0 Å². The van der Waals surface area contributed by atoms with Crippen LogP contribution >= 0.6 is 0 Å². The molecule has 0 N–H and O–H groups in total. The fraction of sp³-hybridized carbons (Fsp3) is 0.250. The molecule has 4 heteroatoms. The minimum absolute atomic E-state index is 0.910. The minimum atomic E-state index is -1.19. The molecule has 0 fully saturated rings. The molecule has 0 amide bonds. The molecule has 0 heterocycles. The van der Waals surface area contributed by atoms with Crippen LogP contribution in [0.2, 0.25) is 0 Å². The molecule has 0 aromatic heterocycles. The molecule has 0 bridgehead atoms. The second-order valence-electron chi connectivity index (χ2n) is 6.69. The van der Waals surface area contributed by atoms with Crippen LogP contribution in [-0.4, -0.2) is 36.0 Å². The number of ether oxygens (including phenoxy) is 3. The van der Waals surface area contributed by atoms with Crippen LogP contribution in [0.1, 0.15) is 16.7 Å².